The number of para-hydroxylation sites is 1. The Morgan fingerprint density at radius 3 is 2.38 bits per heavy atom. The third kappa shape index (κ3) is 4.49. The van der Waals surface area contributed by atoms with Crippen LogP contribution in [0.4, 0.5) is 10.5 Å². The Morgan fingerprint density at radius 1 is 0.962 bits per heavy atom. The van der Waals surface area contributed by atoms with Gasteiger partial charge in [0.25, 0.3) is 0 Å². The minimum Gasteiger partial charge on any atom is -0.352 e. The molecule has 0 saturated heterocycles. The molecule has 3 aromatic rings. The molecule has 3 amide bonds. The minimum absolute atomic E-state index is 0.104. The third-order valence-corrected chi connectivity index (χ3v) is 4.86. The van der Waals surface area contributed by atoms with E-state index in [2.05, 4.69) is 10.6 Å². The Labute approximate surface area is 155 Å². The van der Waals surface area contributed by atoms with Gasteiger partial charge in [0.1, 0.15) is 0 Å². The van der Waals surface area contributed by atoms with Gasteiger partial charge in [-0.2, -0.15) is 0 Å². The van der Waals surface area contributed by atoms with Crippen LogP contribution in [0.1, 0.15) is 17.3 Å². The standard InChI is InChI=1S/C20H19N3O2S/c21-20(25)23-17(18-11-6-12-26-18)13-19(24)22-16-10-5-4-9-15(16)14-7-2-1-3-8-14/h1-12,17H,13H2,(H,22,24)(H3,21,23,25). The Balaban J connectivity index is 1.77. The maximum Gasteiger partial charge on any atom is 0.312 e. The van der Waals surface area contributed by atoms with Gasteiger partial charge >= 0.3 is 6.03 Å². The Kier molecular flexibility index (Phi) is 5.66. The first-order valence-corrected chi connectivity index (χ1v) is 9.05. The van der Waals surface area contributed by atoms with Gasteiger partial charge in [-0.15, -0.1) is 11.3 Å². The number of thiophene rings is 1. The van der Waals surface area contributed by atoms with Gasteiger partial charge in [0.2, 0.25) is 5.91 Å². The number of hydrogen-bond acceptors (Lipinski definition) is 3. The number of amides is 3. The second kappa shape index (κ2) is 8.31. The van der Waals surface area contributed by atoms with Gasteiger partial charge in [0, 0.05) is 16.1 Å². The summed E-state index contributed by atoms with van der Waals surface area (Å²) in [4.78, 5) is 24.7. The molecule has 0 saturated carbocycles. The summed E-state index contributed by atoms with van der Waals surface area (Å²) in [6.45, 7) is 0. The molecule has 0 aliphatic carbocycles. The lowest BCUT2D eigenvalue weighted by atomic mass is 10.0. The van der Waals surface area contributed by atoms with Crippen LogP contribution in [0.5, 0.6) is 0 Å². The number of hydrogen-bond donors (Lipinski definition) is 3. The minimum atomic E-state index is -0.652. The first-order valence-electron chi connectivity index (χ1n) is 8.17. The van der Waals surface area contributed by atoms with Gasteiger partial charge < -0.3 is 16.4 Å². The van der Waals surface area contributed by atoms with Crippen molar-refractivity contribution < 1.29 is 9.59 Å². The largest absolute Gasteiger partial charge is 0.352 e. The van der Waals surface area contributed by atoms with Crippen LogP contribution in [-0.2, 0) is 4.79 Å². The number of benzene rings is 2. The molecular weight excluding hydrogens is 346 g/mol. The Morgan fingerprint density at radius 2 is 1.69 bits per heavy atom. The number of carbonyl (C=O) groups is 2. The normalized spacial score (nSPS) is 11.5. The molecule has 0 aliphatic rings. The highest BCUT2D eigenvalue weighted by Crippen LogP contribution is 2.28. The van der Waals surface area contributed by atoms with Gasteiger partial charge in [0.15, 0.2) is 0 Å². The maximum atomic E-state index is 12.6. The van der Waals surface area contributed by atoms with Crippen LogP contribution in [0.2, 0.25) is 0 Å². The van der Waals surface area contributed by atoms with Crippen molar-refractivity contribution >= 4 is 29.0 Å². The lowest BCUT2D eigenvalue weighted by Gasteiger charge is -2.17. The highest BCUT2D eigenvalue weighted by molar-refractivity contribution is 7.10. The molecule has 1 unspecified atom stereocenters. The van der Waals surface area contributed by atoms with Crippen molar-refractivity contribution in [2.24, 2.45) is 5.73 Å². The molecule has 1 heterocycles. The zero-order chi connectivity index (χ0) is 18.4. The van der Waals surface area contributed by atoms with Crippen LogP contribution < -0.4 is 16.4 Å². The van der Waals surface area contributed by atoms with Crippen LogP contribution in [0.15, 0.2) is 72.1 Å². The van der Waals surface area contributed by atoms with Crippen LogP contribution >= 0.6 is 11.3 Å². The molecule has 2 aromatic carbocycles. The van der Waals surface area contributed by atoms with E-state index in [0.29, 0.717) is 0 Å². The van der Waals surface area contributed by atoms with Crippen molar-refractivity contribution in [3.05, 3.63) is 77.0 Å². The van der Waals surface area contributed by atoms with Gasteiger partial charge in [-0.3, -0.25) is 4.79 Å². The van der Waals surface area contributed by atoms with Crippen LogP contribution in [0.25, 0.3) is 11.1 Å². The fourth-order valence-electron chi connectivity index (χ4n) is 2.73. The number of carbonyl (C=O) groups excluding carboxylic acids is 2. The predicted molar refractivity (Wildman–Crippen MR) is 105 cm³/mol. The zero-order valence-electron chi connectivity index (χ0n) is 14.0. The molecule has 3 rings (SSSR count). The van der Waals surface area contributed by atoms with Gasteiger partial charge in [-0.05, 0) is 23.1 Å². The number of urea groups is 1. The van der Waals surface area contributed by atoms with E-state index in [1.54, 1.807) is 0 Å². The molecule has 5 nitrogen and oxygen atoms in total. The summed E-state index contributed by atoms with van der Waals surface area (Å²) >= 11 is 1.47. The Bertz CT molecular complexity index is 879. The number of nitrogens with two attached hydrogens (primary N) is 1. The molecule has 1 aromatic heterocycles. The summed E-state index contributed by atoms with van der Waals surface area (Å²) in [6.07, 6.45) is 0.104. The topological polar surface area (TPSA) is 84.2 Å². The highest BCUT2D eigenvalue weighted by atomic mass is 32.1. The fourth-order valence-corrected chi connectivity index (χ4v) is 3.51. The van der Waals surface area contributed by atoms with E-state index >= 15 is 0 Å². The van der Waals surface area contributed by atoms with E-state index in [9.17, 15) is 9.59 Å². The molecule has 0 spiro atoms. The quantitative estimate of drug-likeness (QED) is 0.613. The van der Waals surface area contributed by atoms with Crippen molar-refractivity contribution in [1.29, 1.82) is 0 Å². The van der Waals surface area contributed by atoms with Gasteiger partial charge in [-0.25, -0.2) is 4.79 Å². The first-order chi connectivity index (χ1) is 12.6. The molecule has 1 atom stereocenters. The van der Waals surface area contributed by atoms with E-state index < -0.39 is 12.1 Å². The zero-order valence-corrected chi connectivity index (χ0v) is 14.8. The number of anilines is 1. The summed E-state index contributed by atoms with van der Waals surface area (Å²) in [5.74, 6) is -0.194. The van der Waals surface area contributed by atoms with Crippen LogP contribution in [0.3, 0.4) is 0 Å². The predicted octanol–water partition coefficient (Wildman–Crippen LogP) is 4.15. The first kappa shape index (κ1) is 17.7. The van der Waals surface area contributed by atoms with Crippen molar-refractivity contribution in [2.75, 3.05) is 5.32 Å². The summed E-state index contributed by atoms with van der Waals surface area (Å²) in [7, 11) is 0. The molecular formula is C20H19N3O2S. The van der Waals surface area contributed by atoms with E-state index in [1.807, 2.05) is 72.1 Å². The van der Waals surface area contributed by atoms with Crippen molar-refractivity contribution in [3.8, 4) is 11.1 Å². The summed E-state index contributed by atoms with van der Waals surface area (Å²) < 4.78 is 0. The van der Waals surface area contributed by atoms with Crippen LogP contribution in [-0.4, -0.2) is 11.9 Å². The monoisotopic (exact) mass is 365 g/mol. The maximum absolute atomic E-state index is 12.6. The average molecular weight is 365 g/mol. The van der Waals surface area contributed by atoms with Gasteiger partial charge in [-0.1, -0.05) is 54.6 Å². The Hall–Kier alpha value is -3.12. The highest BCUT2D eigenvalue weighted by Gasteiger charge is 2.19. The molecule has 4 N–H and O–H groups in total. The number of rotatable bonds is 6. The average Bonchev–Trinajstić information content (AvgIpc) is 3.17. The molecule has 132 valence electrons. The lowest BCUT2D eigenvalue weighted by molar-refractivity contribution is -0.116. The second-order valence-electron chi connectivity index (χ2n) is 5.74. The molecule has 26 heavy (non-hydrogen) atoms. The summed E-state index contributed by atoms with van der Waals surface area (Å²) in [5.41, 5.74) is 7.94. The molecule has 0 radical (unpaired) electrons. The molecule has 0 bridgehead atoms. The molecule has 0 fully saturated rings. The second-order valence-corrected chi connectivity index (χ2v) is 6.72. The van der Waals surface area contributed by atoms with E-state index in [1.165, 1.54) is 11.3 Å². The number of nitrogens with one attached hydrogen (secondary N) is 2. The van der Waals surface area contributed by atoms with Crippen molar-refractivity contribution in [1.82, 2.24) is 5.32 Å². The van der Waals surface area contributed by atoms with E-state index in [4.69, 9.17) is 5.73 Å². The SMILES string of the molecule is NC(=O)NC(CC(=O)Nc1ccccc1-c1ccccc1)c1cccs1. The summed E-state index contributed by atoms with van der Waals surface area (Å²) in [6, 6.07) is 20.1. The van der Waals surface area contributed by atoms with Gasteiger partial charge in [0.05, 0.1) is 12.5 Å². The lowest BCUT2D eigenvalue weighted by Crippen LogP contribution is -2.34. The fraction of sp³-hybridized carbons (Fsp3) is 0.100. The number of primary amides is 1. The van der Waals surface area contributed by atoms with Crippen LogP contribution in [0, 0.1) is 0 Å². The molecule has 0 aliphatic heterocycles. The van der Waals surface area contributed by atoms with Crippen molar-refractivity contribution in [3.63, 3.8) is 0 Å². The third-order valence-electron chi connectivity index (χ3n) is 3.88. The van der Waals surface area contributed by atoms with E-state index in [-0.39, 0.29) is 12.3 Å². The van der Waals surface area contributed by atoms with Crippen molar-refractivity contribution in [2.45, 2.75) is 12.5 Å². The summed E-state index contributed by atoms with van der Waals surface area (Å²) in [5, 5.41) is 7.48. The van der Waals surface area contributed by atoms with E-state index in [0.717, 1.165) is 21.7 Å². The smallest absolute Gasteiger partial charge is 0.312 e. The molecule has 6 heteroatoms.